The molecule has 26 heavy (non-hydrogen) atoms. The highest BCUT2D eigenvalue weighted by Gasteiger charge is 2.06. The Morgan fingerprint density at radius 2 is 1.65 bits per heavy atom. The zero-order chi connectivity index (χ0) is 17.8. The van der Waals surface area contributed by atoms with Gasteiger partial charge in [-0.2, -0.15) is 5.10 Å². The number of carbonyl (C=O) groups excluding carboxylic acids is 1. The van der Waals surface area contributed by atoms with Crippen LogP contribution in [0.1, 0.15) is 21.5 Å². The standard InChI is InChI=1S/C22H19N3O/c26-22(20-10-6-17(7-11-20)16-25-13-3-12-24-25)23-15-18-8-9-19-4-1-2-5-21(19)14-18/h1-14H,15-16H2,(H,23,26). The number of amides is 1. The first-order valence-corrected chi connectivity index (χ1v) is 8.60. The minimum Gasteiger partial charge on any atom is -0.348 e. The minimum absolute atomic E-state index is 0.0659. The van der Waals surface area contributed by atoms with E-state index in [1.54, 1.807) is 6.20 Å². The van der Waals surface area contributed by atoms with Crippen LogP contribution in [0.2, 0.25) is 0 Å². The van der Waals surface area contributed by atoms with E-state index in [9.17, 15) is 4.79 Å². The monoisotopic (exact) mass is 341 g/mol. The molecule has 0 aliphatic carbocycles. The Kier molecular flexibility index (Phi) is 4.48. The molecule has 1 aromatic heterocycles. The van der Waals surface area contributed by atoms with Crippen LogP contribution in [-0.4, -0.2) is 15.7 Å². The summed E-state index contributed by atoms with van der Waals surface area (Å²) >= 11 is 0. The molecule has 0 saturated carbocycles. The molecule has 4 nitrogen and oxygen atoms in total. The molecule has 1 N–H and O–H groups in total. The predicted molar refractivity (Wildman–Crippen MR) is 103 cm³/mol. The molecule has 0 aliphatic rings. The van der Waals surface area contributed by atoms with Crippen LogP contribution in [0.25, 0.3) is 10.8 Å². The molecule has 0 fully saturated rings. The number of aromatic nitrogens is 2. The van der Waals surface area contributed by atoms with Crippen LogP contribution in [0.4, 0.5) is 0 Å². The molecule has 4 heteroatoms. The number of nitrogens with one attached hydrogen (secondary N) is 1. The van der Waals surface area contributed by atoms with Crippen molar-refractivity contribution < 1.29 is 4.79 Å². The van der Waals surface area contributed by atoms with E-state index >= 15 is 0 Å². The predicted octanol–water partition coefficient (Wildman–Crippen LogP) is 4.01. The summed E-state index contributed by atoms with van der Waals surface area (Å²) in [5, 5.41) is 9.57. The molecule has 4 aromatic rings. The Morgan fingerprint density at radius 3 is 2.42 bits per heavy atom. The van der Waals surface area contributed by atoms with Crippen molar-refractivity contribution in [1.29, 1.82) is 0 Å². The van der Waals surface area contributed by atoms with Gasteiger partial charge in [-0.25, -0.2) is 0 Å². The molecule has 0 saturated heterocycles. The van der Waals surface area contributed by atoms with Crippen LogP contribution >= 0.6 is 0 Å². The summed E-state index contributed by atoms with van der Waals surface area (Å²) in [7, 11) is 0. The lowest BCUT2D eigenvalue weighted by Crippen LogP contribution is -2.22. The Balaban J connectivity index is 1.39. The van der Waals surface area contributed by atoms with Crippen LogP contribution in [0.15, 0.2) is 85.2 Å². The number of nitrogens with zero attached hydrogens (tertiary/aromatic N) is 2. The molecule has 0 atom stereocenters. The fourth-order valence-corrected chi connectivity index (χ4v) is 2.98. The highest BCUT2D eigenvalue weighted by molar-refractivity contribution is 5.94. The van der Waals surface area contributed by atoms with Crippen molar-refractivity contribution in [2.75, 3.05) is 0 Å². The summed E-state index contributed by atoms with van der Waals surface area (Å²) in [4.78, 5) is 12.4. The Morgan fingerprint density at radius 1 is 0.885 bits per heavy atom. The Labute approximate surface area is 152 Å². The molecule has 3 aromatic carbocycles. The highest BCUT2D eigenvalue weighted by atomic mass is 16.1. The van der Waals surface area contributed by atoms with Crippen LogP contribution < -0.4 is 5.32 Å². The van der Waals surface area contributed by atoms with Gasteiger partial charge in [0.25, 0.3) is 5.91 Å². The fraction of sp³-hybridized carbons (Fsp3) is 0.0909. The zero-order valence-electron chi connectivity index (χ0n) is 14.3. The molecule has 0 aliphatic heterocycles. The van der Waals surface area contributed by atoms with Crippen molar-refractivity contribution in [1.82, 2.24) is 15.1 Å². The van der Waals surface area contributed by atoms with Gasteiger partial charge in [-0.1, -0.05) is 48.5 Å². The minimum atomic E-state index is -0.0659. The number of carbonyl (C=O) groups is 1. The summed E-state index contributed by atoms with van der Waals surface area (Å²) in [5.41, 5.74) is 2.86. The first-order valence-electron chi connectivity index (χ1n) is 8.60. The van der Waals surface area contributed by atoms with Gasteiger partial charge in [0.15, 0.2) is 0 Å². The first kappa shape index (κ1) is 16.1. The molecule has 0 radical (unpaired) electrons. The second-order valence-electron chi connectivity index (χ2n) is 6.26. The second-order valence-corrected chi connectivity index (χ2v) is 6.26. The van der Waals surface area contributed by atoms with E-state index in [1.165, 1.54) is 10.8 Å². The molecule has 0 spiro atoms. The summed E-state index contributed by atoms with van der Waals surface area (Å²) in [5.74, 6) is -0.0659. The lowest BCUT2D eigenvalue weighted by atomic mass is 10.1. The highest BCUT2D eigenvalue weighted by Crippen LogP contribution is 2.15. The zero-order valence-corrected chi connectivity index (χ0v) is 14.3. The van der Waals surface area contributed by atoms with Crippen molar-refractivity contribution in [3.05, 3.63) is 102 Å². The summed E-state index contributed by atoms with van der Waals surface area (Å²) in [6.45, 7) is 1.21. The number of hydrogen-bond donors (Lipinski definition) is 1. The molecule has 128 valence electrons. The van der Waals surface area contributed by atoms with Gasteiger partial charge in [-0.05, 0) is 46.2 Å². The third kappa shape index (κ3) is 3.64. The molecule has 1 amide bonds. The maximum absolute atomic E-state index is 12.4. The van der Waals surface area contributed by atoms with Gasteiger partial charge < -0.3 is 5.32 Å². The summed E-state index contributed by atoms with van der Waals surface area (Å²) in [6.07, 6.45) is 3.68. The molecule has 0 unspecified atom stereocenters. The number of benzene rings is 3. The van der Waals surface area contributed by atoms with E-state index < -0.39 is 0 Å². The SMILES string of the molecule is O=C(NCc1ccc2ccccc2c1)c1ccc(Cn2cccn2)cc1. The van der Waals surface area contributed by atoms with Crippen LogP contribution in [0, 0.1) is 0 Å². The molecular weight excluding hydrogens is 322 g/mol. The number of hydrogen-bond acceptors (Lipinski definition) is 2. The van der Waals surface area contributed by atoms with Crippen molar-refractivity contribution in [3.8, 4) is 0 Å². The van der Waals surface area contributed by atoms with Crippen molar-refractivity contribution in [2.24, 2.45) is 0 Å². The van der Waals surface area contributed by atoms with E-state index in [0.29, 0.717) is 18.7 Å². The summed E-state index contributed by atoms with van der Waals surface area (Å²) < 4.78 is 1.86. The van der Waals surface area contributed by atoms with Crippen LogP contribution in [0.3, 0.4) is 0 Å². The van der Waals surface area contributed by atoms with Gasteiger partial charge in [0.05, 0.1) is 6.54 Å². The lowest BCUT2D eigenvalue weighted by molar-refractivity contribution is 0.0951. The Hall–Kier alpha value is -3.40. The van der Waals surface area contributed by atoms with Gasteiger partial charge in [0.2, 0.25) is 0 Å². The smallest absolute Gasteiger partial charge is 0.251 e. The molecular formula is C22H19N3O. The van der Waals surface area contributed by atoms with Crippen molar-refractivity contribution >= 4 is 16.7 Å². The maximum atomic E-state index is 12.4. The van der Waals surface area contributed by atoms with E-state index in [1.807, 2.05) is 53.3 Å². The maximum Gasteiger partial charge on any atom is 0.251 e. The largest absolute Gasteiger partial charge is 0.348 e. The average Bonchev–Trinajstić information content (AvgIpc) is 3.19. The third-order valence-corrected chi connectivity index (χ3v) is 4.39. The van der Waals surface area contributed by atoms with Crippen LogP contribution in [-0.2, 0) is 13.1 Å². The van der Waals surface area contributed by atoms with E-state index in [0.717, 1.165) is 11.1 Å². The Bertz CT molecular complexity index is 1020. The lowest BCUT2D eigenvalue weighted by Gasteiger charge is -2.08. The first-order chi connectivity index (χ1) is 12.8. The molecule has 1 heterocycles. The second kappa shape index (κ2) is 7.23. The van der Waals surface area contributed by atoms with E-state index in [4.69, 9.17) is 0 Å². The van der Waals surface area contributed by atoms with E-state index in [-0.39, 0.29) is 5.91 Å². The van der Waals surface area contributed by atoms with Crippen LogP contribution in [0.5, 0.6) is 0 Å². The van der Waals surface area contributed by atoms with Gasteiger partial charge in [0, 0.05) is 24.5 Å². The topological polar surface area (TPSA) is 46.9 Å². The molecule has 4 rings (SSSR count). The summed E-state index contributed by atoms with van der Waals surface area (Å²) in [6, 6.07) is 24.0. The van der Waals surface area contributed by atoms with Crippen molar-refractivity contribution in [3.63, 3.8) is 0 Å². The van der Waals surface area contributed by atoms with Gasteiger partial charge in [-0.3, -0.25) is 9.48 Å². The van der Waals surface area contributed by atoms with Crippen molar-refractivity contribution in [2.45, 2.75) is 13.1 Å². The number of rotatable bonds is 5. The molecule has 0 bridgehead atoms. The quantitative estimate of drug-likeness (QED) is 0.596. The number of fused-ring (bicyclic) bond motifs is 1. The van der Waals surface area contributed by atoms with Gasteiger partial charge in [0.1, 0.15) is 0 Å². The third-order valence-electron chi connectivity index (χ3n) is 4.39. The van der Waals surface area contributed by atoms with Gasteiger partial charge in [-0.15, -0.1) is 0 Å². The van der Waals surface area contributed by atoms with E-state index in [2.05, 4.69) is 40.7 Å². The normalized spacial score (nSPS) is 10.8. The average molecular weight is 341 g/mol. The van der Waals surface area contributed by atoms with Gasteiger partial charge >= 0.3 is 0 Å². The fourth-order valence-electron chi connectivity index (χ4n) is 2.98.